The van der Waals surface area contributed by atoms with Crippen LogP contribution in [0.15, 0.2) is 18.2 Å². The van der Waals surface area contributed by atoms with E-state index in [1.165, 1.54) is 0 Å². The Kier molecular flexibility index (Phi) is 4.70. The van der Waals surface area contributed by atoms with Gasteiger partial charge in [0.15, 0.2) is 5.79 Å². The molecule has 0 aliphatic carbocycles. The molecule has 3 heterocycles. The van der Waals surface area contributed by atoms with Gasteiger partial charge in [-0.15, -0.1) is 0 Å². The van der Waals surface area contributed by atoms with Crippen molar-refractivity contribution in [2.75, 3.05) is 38.3 Å². The van der Waals surface area contributed by atoms with Crippen LogP contribution in [-0.4, -0.2) is 57.5 Å². The van der Waals surface area contributed by atoms with Crippen molar-refractivity contribution in [3.8, 4) is 5.75 Å². The maximum atomic E-state index is 6.17. The molecule has 27 heavy (non-hydrogen) atoms. The van der Waals surface area contributed by atoms with E-state index in [4.69, 9.17) is 23.5 Å². The van der Waals surface area contributed by atoms with E-state index in [0.29, 0.717) is 13.2 Å². The highest BCUT2D eigenvalue weighted by Crippen LogP contribution is 2.38. The van der Waals surface area contributed by atoms with Crippen LogP contribution in [0.4, 0.5) is 5.69 Å². The Morgan fingerprint density at radius 2 is 1.56 bits per heavy atom. The molecule has 1 aromatic carbocycles. The van der Waals surface area contributed by atoms with Crippen molar-refractivity contribution in [1.29, 1.82) is 0 Å². The van der Waals surface area contributed by atoms with E-state index in [9.17, 15) is 0 Å². The Morgan fingerprint density at radius 1 is 0.963 bits per heavy atom. The number of benzene rings is 1. The zero-order valence-electron chi connectivity index (χ0n) is 17.0. The number of piperidine rings is 1. The summed E-state index contributed by atoms with van der Waals surface area (Å²) in [5.74, 6) is 0.471. The van der Waals surface area contributed by atoms with Gasteiger partial charge in [-0.25, -0.2) is 0 Å². The highest BCUT2D eigenvalue weighted by atomic mass is 16.7. The van der Waals surface area contributed by atoms with E-state index < -0.39 is 0 Å². The van der Waals surface area contributed by atoms with Gasteiger partial charge in [-0.2, -0.15) is 0 Å². The lowest BCUT2D eigenvalue weighted by Crippen LogP contribution is -2.45. The van der Waals surface area contributed by atoms with Gasteiger partial charge in [0.05, 0.1) is 37.2 Å². The topological polar surface area (TPSA) is 49.4 Å². The summed E-state index contributed by atoms with van der Waals surface area (Å²) in [6, 6.07) is 6.21. The molecule has 7 heteroatoms. The van der Waals surface area contributed by atoms with Crippen LogP contribution in [0.1, 0.15) is 40.5 Å². The minimum Gasteiger partial charge on any atom is -0.495 e. The van der Waals surface area contributed by atoms with Gasteiger partial charge in [0.2, 0.25) is 0 Å². The van der Waals surface area contributed by atoms with E-state index in [-0.39, 0.29) is 24.1 Å². The van der Waals surface area contributed by atoms with Crippen LogP contribution in [0.2, 0.25) is 0 Å². The summed E-state index contributed by atoms with van der Waals surface area (Å²) >= 11 is 0. The first-order valence-electron chi connectivity index (χ1n) is 9.82. The zero-order valence-corrected chi connectivity index (χ0v) is 17.0. The van der Waals surface area contributed by atoms with Gasteiger partial charge in [0, 0.05) is 25.9 Å². The third kappa shape index (κ3) is 3.35. The quantitative estimate of drug-likeness (QED) is 0.756. The van der Waals surface area contributed by atoms with E-state index in [1.807, 2.05) is 6.07 Å². The minimum atomic E-state index is -0.386. The third-order valence-electron chi connectivity index (χ3n) is 6.41. The number of methoxy groups -OCH3 is 1. The predicted octanol–water partition coefficient (Wildman–Crippen LogP) is 2.34. The van der Waals surface area contributed by atoms with Gasteiger partial charge in [-0.3, -0.25) is 0 Å². The van der Waals surface area contributed by atoms with Gasteiger partial charge in [0.1, 0.15) is 5.75 Å². The fraction of sp³-hybridized carbons (Fsp3) is 0.700. The third-order valence-corrected chi connectivity index (χ3v) is 6.41. The molecule has 0 atom stereocenters. The van der Waals surface area contributed by atoms with Gasteiger partial charge in [-0.1, -0.05) is 6.07 Å². The zero-order chi connectivity index (χ0) is 19.3. The molecule has 1 spiro atoms. The average molecular weight is 375 g/mol. The summed E-state index contributed by atoms with van der Waals surface area (Å²) in [7, 11) is 1.32. The maximum absolute atomic E-state index is 6.17. The predicted molar refractivity (Wildman–Crippen MR) is 105 cm³/mol. The summed E-state index contributed by atoms with van der Waals surface area (Å²) < 4.78 is 29.7. The monoisotopic (exact) mass is 375 g/mol. The molecule has 3 aliphatic rings. The van der Waals surface area contributed by atoms with Crippen molar-refractivity contribution < 1.29 is 23.5 Å². The number of nitrogens with zero attached hydrogens (tertiary/aromatic N) is 1. The number of hydrogen-bond acceptors (Lipinski definition) is 6. The number of anilines is 1. The molecule has 0 unspecified atom stereocenters. The number of hydrogen-bond donors (Lipinski definition) is 0. The van der Waals surface area contributed by atoms with Crippen LogP contribution in [0, 0.1) is 0 Å². The van der Waals surface area contributed by atoms with Gasteiger partial charge in [-0.05, 0) is 45.3 Å². The smallest absolute Gasteiger partial charge is 0.494 e. The van der Waals surface area contributed by atoms with Crippen molar-refractivity contribution in [3.63, 3.8) is 0 Å². The summed E-state index contributed by atoms with van der Waals surface area (Å²) in [6.45, 7) is 11.4. The molecule has 6 nitrogen and oxygen atoms in total. The summed E-state index contributed by atoms with van der Waals surface area (Å²) in [5, 5.41) is 0. The van der Waals surface area contributed by atoms with E-state index in [0.717, 1.165) is 42.8 Å². The van der Waals surface area contributed by atoms with E-state index in [1.54, 1.807) is 7.11 Å². The Hall–Kier alpha value is -1.28. The molecule has 0 N–H and O–H groups in total. The first-order chi connectivity index (χ1) is 12.8. The standard InChI is InChI=1S/C20H30BNO5/c1-18(2)19(3,4)27-21(26-18)15-6-7-16(17(14-15)23-5)22-10-8-20(9-11-22)24-12-13-25-20/h6-7,14H,8-13H2,1-5H3. The summed E-state index contributed by atoms with van der Waals surface area (Å²) in [6.07, 6.45) is 1.74. The number of rotatable bonds is 3. The molecule has 3 fully saturated rings. The van der Waals surface area contributed by atoms with Gasteiger partial charge < -0.3 is 28.4 Å². The van der Waals surface area contributed by atoms with Crippen LogP contribution >= 0.6 is 0 Å². The van der Waals surface area contributed by atoms with Gasteiger partial charge in [0.25, 0.3) is 0 Å². The lowest BCUT2D eigenvalue weighted by molar-refractivity contribution is -0.169. The molecule has 0 radical (unpaired) electrons. The largest absolute Gasteiger partial charge is 0.495 e. The van der Waals surface area contributed by atoms with Gasteiger partial charge >= 0.3 is 7.12 Å². The molecule has 0 saturated carbocycles. The molecular weight excluding hydrogens is 345 g/mol. The SMILES string of the molecule is COc1cc(B2OC(C)(C)C(C)(C)O2)ccc1N1CCC2(CC1)OCCO2. The van der Waals surface area contributed by atoms with Crippen molar-refractivity contribution in [3.05, 3.63) is 18.2 Å². The second kappa shape index (κ2) is 6.66. The molecule has 3 aliphatic heterocycles. The molecule has 1 aromatic rings. The van der Waals surface area contributed by atoms with Crippen LogP contribution in [0.5, 0.6) is 5.75 Å². The summed E-state index contributed by atoms with van der Waals surface area (Å²) in [5.41, 5.74) is 1.36. The number of ether oxygens (including phenoxy) is 3. The molecule has 148 valence electrons. The molecular formula is C20H30BNO5. The minimum absolute atomic E-state index is 0.355. The second-order valence-corrected chi connectivity index (χ2v) is 8.61. The van der Waals surface area contributed by atoms with Crippen molar-refractivity contribution in [2.45, 2.75) is 57.5 Å². The molecule has 0 bridgehead atoms. The Labute approximate surface area is 162 Å². The first kappa shape index (κ1) is 19.1. The van der Waals surface area contributed by atoms with Crippen LogP contribution < -0.4 is 15.1 Å². The Morgan fingerprint density at radius 3 is 2.11 bits per heavy atom. The fourth-order valence-corrected chi connectivity index (χ4v) is 3.96. The van der Waals surface area contributed by atoms with E-state index in [2.05, 4.69) is 44.7 Å². The van der Waals surface area contributed by atoms with Crippen molar-refractivity contribution in [2.24, 2.45) is 0 Å². The van der Waals surface area contributed by atoms with Crippen LogP contribution in [-0.2, 0) is 18.8 Å². The van der Waals surface area contributed by atoms with E-state index >= 15 is 0 Å². The highest BCUT2D eigenvalue weighted by molar-refractivity contribution is 6.62. The lowest BCUT2D eigenvalue weighted by Gasteiger charge is -2.39. The fourth-order valence-electron chi connectivity index (χ4n) is 3.96. The molecule has 0 amide bonds. The lowest BCUT2D eigenvalue weighted by atomic mass is 9.79. The van der Waals surface area contributed by atoms with Crippen molar-refractivity contribution in [1.82, 2.24) is 0 Å². The normalized spacial score (nSPS) is 26.0. The first-order valence-corrected chi connectivity index (χ1v) is 9.82. The summed E-state index contributed by atoms with van der Waals surface area (Å²) in [4.78, 5) is 2.34. The Bertz CT molecular complexity index is 676. The average Bonchev–Trinajstić information content (AvgIpc) is 3.17. The maximum Gasteiger partial charge on any atom is 0.494 e. The molecule has 0 aromatic heterocycles. The van der Waals surface area contributed by atoms with Crippen LogP contribution in [0.25, 0.3) is 0 Å². The molecule has 3 saturated heterocycles. The highest BCUT2D eigenvalue weighted by Gasteiger charge is 2.52. The van der Waals surface area contributed by atoms with Crippen molar-refractivity contribution >= 4 is 18.3 Å². The Balaban J connectivity index is 1.51. The van der Waals surface area contributed by atoms with Crippen LogP contribution in [0.3, 0.4) is 0 Å². The second-order valence-electron chi connectivity index (χ2n) is 8.61. The molecule has 4 rings (SSSR count).